The van der Waals surface area contributed by atoms with Crippen LogP contribution in [0.5, 0.6) is 0 Å². The zero-order valence-electron chi connectivity index (χ0n) is 9.41. The fourth-order valence-corrected chi connectivity index (χ4v) is 1.89. The van der Waals surface area contributed by atoms with Crippen LogP contribution in [-0.2, 0) is 0 Å². The summed E-state index contributed by atoms with van der Waals surface area (Å²) in [7, 11) is 0. The summed E-state index contributed by atoms with van der Waals surface area (Å²) in [5, 5.41) is 2.90. The number of amides is 1. The fraction of sp³-hybridized carbons (Fsp3) is 0.0714. The molecule has 1 amide bonds. The summed E-state index contributed by atoms with van der Waals surface area (Å²) in [6, 6.07) is 14.9. The molecule has 2 nitrogen and oxygen atoms in total. The zero-order chi connectivity index (χ0) is 12.3. The summed E-state index contributed by atoms with van der Waals surface area (Å²) in [5.74, 6) is -0.0909. The fourth-order valence-electron chi connectivity index (χ4n) is 1.53. The van der Waals surface area contributed by atoms with Gasteiger partial charge in [0, 0.05) is 15.7 Å². The lowest BCUT2D eigenvalue weighted by molar-refractivity contribution is 0.102. The van der Waals surface area contributed by atoms with Gasteiger partial charge in [-0.15, -0.1) is 0 Å². The second kappa shape index (κ2) is 5.15. The van der Waals surface area contributed by atoms with E-state index < -0.39 is 0 Å². The molecule has 2 aromatic rings. The maximum Gasteiger partial charge on any atom is 0.255 e. The third-order valence-electron chi connectivity index (χ3n) is 2.55. The lowest BCUT2D eigenvalue weighted by Gasteiger charge is -2.09. The third kappa shape index (κ3) is 2.74. The van der Waals surface area contributed by atoms with Crippen molar-refractivity contribution in [2.75, 3.05) is 5.32 Å². The minimum Gasteiger partial charge on any atom is -0.322 e. The van der Waals surface area contributed by atoms with Gasteiger partial charge in [-0.2, -0.15) is 0 Å². The summed E-state index contributed by atoms with van der Waals surface area (Å²) < 4.78 is 0.989. The van der Waals surface area contributed by atoms with E-state index in [0.29, 0.717) is 5.56 Å². The molecule has 0 aliphatic carbocycles. The normalized spacial score (nSPS) is 10.0. The number of nitrogens with one attached hydrogen (secondary N) is 1. The van der Waals surface area contributed by atoms with E-state index in [9.17, 15) is 4.79 Å². The molecule has 2 aromatic carbocycles. The van der Waals surface area contributed by atoms with E-state index in [-0.39, 0.29) is 5.91 Å². The zero-order valence-corrected chi connectivity index (χ0v) is 11.0. The first-order chi connectivity index (χ1) is 8.18. The van der Waals surface area contributed by atoms with Crippen molar-refractivity contribution in [2.45, 2.75) is 6.92 Å². The molecule has 3 heteroatoms. The van der Waals surface area contributed by atoms with Crippen LogP contribution in [-0.4, -0.2) is 5.91 Å². The average Bonchev–Trinajstić information content (AvgIpc) is 2.36. The summed E-state index contributed by atoms with van der Waals surface area (Å²) in [5.41, 5.74) is 2.51. The lowest BCUT2D eigenvalue weighted by atomic mass is 10.1. The van der Waals surface area contributed by atoms with E-state index >= 15 is 0 Å². The summed E-state index contributed by atoms with van der Waals surface area (Å²) in [6.45, 7) is 1.96. The SMILES string of the molecule is Cc1c(Br)cccc1NC(=O)c1ccccc1. The van der Waals surface area contributed by atoms with E-state index in [1.165, 1.54) is 0 Å². The summed E-state index contributed by atoms with van der Waals surface area (Å²) in [4.78, 5) is 12.0. The molecular weight excluding hydrogens is 278 g/mol. The number of rotatable bonds is 2. The van der Waals surface area contributed by atoms with Crippen molar-refractivity contribution in [3.05, 3.63) is 64.1 Å². The second-order valence-electron chi connectivity index (χ2n) is 3.73. The minimum atomic E-state index is -0.0909. The van der Waals surface area contributed by atoms with Crippen LogP contribution in [0.2, 0.25) is 0 Å². The Balaban J connectivity index is 2.22. The minimum absolute atomic E-state index is 0.0909. The Labute approximate surface area is 109 Å². The summed E-state index contributed by atoms with van der Waals surface area (Å²) in [6.07, 6.45) is 0. The van der Waals surface area contributed by atoms with Crippen molar-refractivity contribution < 1.29 is 4.79 Å². The van der Waals surface area contributed by atoms with E-state index in [0.717, 1.165) is 15.7 Å². The van der Waals surface area contributed by atoms with Gasteiger partial charge in [0.1, 0.15) is 0 Å². The van der Waals surface area contributed by atoms with Crippen molar-refractivity contribution in [1.29, 1.82) is 0 Å². The first-order valence-electron chi connectivity index (χ1n) is 5.30. The highest BCUT2D eigenvalue weighted by molar-refractivity contribution is 9.10. The number of halogens is 1. The largest absolute Gasteiger partial charge is 0.322 e. The van der Waals surface area contributed by atoms with Crippen molar-refractivity contribution in [3.8, 4) is 0 Å². The molecule has 0 spiro atoms. The number of hydrogen-bond acceptors (Lipinski definition) is 1. The van der Waals surface area contributed by atoms with Gasteiger partial charge in [-0.1, -0.05) is 40.2 Å². The maximum atomic E-state index is 12.0. The van der Waals surface area contributed by atoms with Gasteiger partial charge >= 0.3 is 0 Å². The quantitative estimate of drug-likeness (QED) is 0.889. The van der Waals surface area contributed by atoms with Crippen LogP contribution in [0.3, 0.4) is 0 Å². The molecule has 0 bridgehead atoms. The third-order valence-corrected chi connectivity index (χ3v) is 3.41. The van der Waals surface area contributed by atoms with Gasteiger partial charge < -0.3 is 5.32 Å². The topological polar surface area (TPSA) is 29.1 Å². The molecule has 2 rings (SSSR count). The van der Waals surface area contributed by atoms with E-state index in [1.807, 2.05) is 43.3 Å². The molecule has 1 N–H and O–H groups in total. The highest BCUT2D eigenvalue weighted by Crippen LogP contribution is 2.23. The Morgan fingerprint density at radius 2 is 1.76 bits per heavy atom. The van der Waals surface area contributed by atoms with Crippen molar-refractivity contribution in [1.82, 2.24) is 0 Å². The first kappa shape index (κ1) is 11.9. The van der Waals surface area contributed by atoms with Crippen LogP contribution in [0.15, 0.2) is 53.0 Å². The van der Waals surface area contributed by atoms with Crippen LogP contribution in [0.1, 0.15) is 15.9 Å². The molecule has 0 heterocycles. The van der Waals surface area contributed by atoms with Gasteiger partial charge in [-0.05, 0) is 36.8 Å². The second-order valence-corrected chi connectivity index (χ2v) is 4.59. The lowest BCUT2D eigenvalue weighted by Crippen LogP contribution is -2.12. The van der Waals surface area contributed by atoms with Crippen LogP contribution in [0, 0.1) is 6.92 Å². The Morgan fingerprint density at radius 3 is 2.47 bits per heavy atom. The molecule has 17 heavy (non-hydrogen) atoms. The monoisotopic (exact) mass is 289 g/mol. The van der Waals surface area contributed by atoms with Crippen molar-refractivity contribution in [3.63, 3.8) is 0 Å². The molecule has 0 unspecified atom stereocenters. The van der Waals surface area contributed by atoms with Gasteiger partial charge in [0.25, 0.3) is 5.91 Å². The molecule has 0 aromatic heterocycles. The molecule has 0 aliphatic heterocycles. The molecule has 0 radical (unpaired) electrons. The number of anilines is 1. The van der Waals surface area contributed by atoms with Crippen LogP contribution < -0.4 is 5.32 Å². The van der Waals surface area contributed by atoms with Gasteiger partial charge in [0.05, 0.1) is 0 Å². The van der Waals surface area contributed by atoms with Crippen LogP contribution in [0.25, 0.3) is 0 Å². The van der Waals surface area contributed by atoms with Crippen LogP contribution in [0.4, 0.5) is 5.69 Å². The molecule has 0 fully saturated rings. The Bertz CT molecular complexity index is 537. The van der Waals surface area contributed by atoms with Crippen molar-refractivity contribution >= 4 is 27.5 Å². The van der Waals surface area contributed by atoms with E-state index in [1.54, 1.807) is 12.1 Å². The maximum absolute atomic E-state index is 12.0. The number of hydrogen-bond donors (Lipinski definition) is 1. The van der Waals surface area contributed by atoms with Gasteiger partial charge in [-0.25, -0.2) is 0 Å². The predicted molar refractivity (Wildman–Crippen MR) is 73.3 cm³/mol. The number of carbonyl (C=O) groups is 1. The smallest absolute Gasteiger partial charge is 0.255 e. The Morgan fingerprint density at radius 1 is 1.06 bits per heavy atom. The summed E-state index contributed by atoms with van der Waals surface area (Å²) >= 11 is 3.44. The molecule has 0 aliphatic rings. The first-order valence-corrected chi connectivity index (χ1v) is 6.09. The van der Waals surface area contributed by atoms with Gasteiger partial charge in [-0.3, -0.25) is 4.79 Å². The van der Waals surface area contributed by atoms with E-state index in [4.69, 9.17) is 0 Å². The predicted octanol–water partition coefficient (Wildman–Crippen LogP) is 4.01. The standard InChI is InChI=1S/C14H12BrNO/c1-10-12(15)8-5-9-13(10)16-14(17)11-6-3-2-4-7-11/h2-9H,1H3,(H,16,17). The number of carbonyl (C=O) groups excluding carboxylic acids is 1. The van der Waals surface area contributed by atoms with Crippen LogP contribution >= 0.6 is 15.9 Å². The molecule has 86 valence electrons. The van der Waals surface area contributed by atoms with Crippen molar-refractivity contribution in [2.24, 2.45) is 0 Å². The molecular formula is C14H12BrNO. The highest BCUT2D eigenvalue weighted by atomic mass is 79.9. The van der Waals surface area contributed by atoms with Gasteiger partial charge in [0.15, 0.2) is 0 Å². The molecule has 0 saturated carbocycles. The average molecular weight is 290 g/mol. The number of benzene rings is 2. The van der Waals surface area contributed by atoms with E-state index in [2.05, 4.69) is 21.2 Å². The molecule has 0 atom stereocenters. The Kier molecular flexibility index (Phi) is 3.59. The molecule has 0 saturated heterocycles. The Hall–Kier alpha value is -1.61. The highest BCUT2D eigenvalue weighted by Gasteiger charge is 2.07. The van der Waals surface area contributed by atoms with Gasteiger partial charge in [0.2, 0.25) is 0 Å².